The van der Waals surface area contributed by atoms with Crippen LogP contribution in [0.2, 0.25) is 0 Å². The number of aromatic nitrogens is 2. The molecule has 0 unspecified atom stereocenters. The van der Waals surface area contributed by atoms with Gasteiger partial charge < -0.3 is 5.32 Å². The Morgan fingerprint density at radius 2 is 1.36 bits per heavy atom. The SMILES string of the molecule is Cc1ccnc(NC(C)(c2ccccc2)c2ccccc2)n1. The van der Waals surface area contributed by atoms with Gasteiger partial charge in [-0.25, -0.2) is 9.97 Å². The molecule has 110 valence electrons. The number of nitrogens with zero attached hydrogens (tertiary/aromatic N) is 2. The first kappa shape index (κ1) is 14.3. The predicted molar refractivity (Wildman–Crippen MR) is 89.7 cm³/mol. The van der Waals surface area contributed by atoms with Crippen LogP contribution in [-0.4, -0.2) is 9.97 Å². The quantitative estimate of drug-likeness (QED) is 0.783. The Balaban J connectivity index is 2.08. The summed E-state index contributed by atoms with van der Waals surface area (Å²) in [5.74, 6) is 0.634. The highest BCUT2D eigenvalue weighted by atomic mass is 15.1. The molecule has 0 aliphatic heterocycles. The molecule has 3 rings (SSSR count). The van der Waals surface area contributed by atoms with Gasteiger partial charge in [-0.1, -0.05) is 60.7 Å². The Kier molecular flexibility index (Phi) is 3.88. The summed E-state index contributed by atoms with van der Waals surface area (Å²) >= 11 is 0. The largest absolute Gasteiger partial charge is 0.341 e. The third kappa shape index (κ3) is 2.84. The number of anilines is 1. The van der Waals surface area contributed by atoms with Crippen LogP contribution in [0.4, 0.5) is 5.95 Å². The van der Waals surface area contributed by atoms with Gasteiger partial charge in [0.25, 0.3) is 0 Å². The number of hydrogen-bond acceptors (Lipinski definition) is 3. The summed E-state index contributed by atoms with van der Waals surface area (Å²) in [6, 6.07) is 22.6. The van der Waals surface area contributed by atoms with Crippen molar-refractivity contribution in [2.24, 2.45) is 0 Å². The fourth-order valence-electron chi connectivity index (χ4n) is 2.59. The molecule has 1 N–H and O–H groups in total. The van der Waals surface area contributed by atoms with Gasteiger partial charge in [0, 0.05) is 11.9 Å². The molecule has 22 heavy (non-hydrogen) atoms. The Labute approximate surface area is 131 Å². The summed E-state index contributed by atoms with van der Waals surface area (Å²) in [4.78, 5) is 8.84. The van der Waals surface area contributed by atoms with Crippen LogP contribution in [0.3, 0.4) is 0 Å². The van der Waals surface area contributed by atoms with E-state index in [-0.39, 0.29) is 0 Å². The number of nitrogens with one attached hydrogen (secondary N) is 1. The van der Waals surface area contributed by atoms with E-state index in [0.717, 1.165) is 5.69 Å². The molecular weight excluding hydrogens is 270 g/mol. The Morgan fingerprint density at radius 1 is 0.818 bits per heavy atom. The molecule has 3 nitrogen and oxygen atoms in total. The Bertz CT molecular complexity index is 699. The molecule has 0 atom stereocenters. The first-order chi connectivity index (χ1) is 10.7. The fraction of sp³-hybridized carbons (Fsp3) is 0.158. The molecular formula is C19H19N3. The van der Waals surface area contributed by atoms with E-state index in [1.54, 1.807) is 6.20 Å². The molecule has 0 bridgehead atoms. The lowest BCUT2D eigenvalue weighted by Crippen LogP contribution is -2.34. The lowest BCUT2D eigenvalue weighted by molar-refractivity contribution is 0.650. The lowest BCUT2D eigenvalue weighted by Gasteiger charge is -2.32. The summed E-state index contributed by atoms with van der Waals surface area (Å²) in [6.07, 6.45) is 1.78. The zero-order chi connectivity index (χ0) is 15.4. The van der Waals surface area contributed by atoms with Crippen LogP contribution in [0.5, 0.6) is 0 Å². The van der Waals surface area contributed by atoms with E-state index < -0.39 is 5.54 Å². The maximum atomic E-state index is 4.49. The molecule has 0 amide bonds. The van der Waals surface area contributed by atoms with Crippen molar-refractivity contribution in [3.8, 4) is 0 Å². The maximum Gasteiger partial charge on any atom is 0.223 e. The summed E-state index contributed by atoms with van der Waals surface area (Å²) in [6.45, 7) is 4.12. The van der Waals surface area contributed by atoms with Crippen molar-refractivity contribution >= 4 is 5.95 Å². The van der Waals surface area contributed by atoms with Crippen LogP contribution >= 0.6 is 0 Å². The van der Waals surface area contributed by atoms with Crippen molar-refractivity contribution in [2.75, 3.05) is 5.32 Å². The molecule has 3 heteroatoms. The highest BCUT2D eigenvalue weighted by Gasteiger charge is 2.29. The summed E-state index contributed by atoms with van der Waals surface area (Å²) < 4.78 is 0. The molecule has 0 saturated heterocycles. The lowest BCUT2D eigenvalue weighted by atomic mass is 9.85. The van der Waals surface area contributed by atoms with Crippen LogP contribution in [0.1, 0.15) is 23.7 Å². The van der Waals surface area contributed by atoms with Crippen LogP contribution in [0.25, 0.3) is 0 Å². The standard InChI is InChI=1S/C19H19N3/c1-15-13-14-20-18(21-15)22-19(2,16-9-5-3-6-10-16)17-11-7-4-8-12-17/h3-14H,1-2H3,(H,20,21,22). The second kappa shape index (κ2) is 5.98. The maximum absolute atomic E-state index is 4.49. The van der Waals surface area contributed by atoms with Gasteiger partial charge in [-0.05, 0) is 31.0 Å². The minimum atomic E-state index is -0.393. The van der Waals surface area contributed by atoms with Gasteiger partial charge in [0.1, 0.15) is 0 Å². The molecule has 0 spiro atoms. The minimum absolute atomic E-state index is 0.393. The normalized spacial score (nSPS) is 11.2. The van der Waals surface area contributed by atoms with Gasteiger partial charge in [-0.3, -0.25) is 0 Å². The average Bonchev–Trinajstić information content (AvgIpc) is 2.56. The van der Waals surface area contributed by atoms with Crippen molar-refractivity contribution in [3.63, 3.8) is 0 Å². The number of hydrogen-bond donors (Lipinski definition) is 1. The van der Waals surface area contributed by atoms with E-state index in [0.29, 0.717) is 5.95 Å². The van der Waals surface area contributed by atoms with Gasteiger partial charge in [-0.2, -0.15) is 0 Å². The van der Waals surface area contributed by atoms with E-state index in [2.05, 4.69) is 70.7 Å². The highest BCUT2D eigenvalue weighted by molar-refractivity contribution is 5.46. The average molecular weight is 289 g/mol. The van der Waals surface area contributed by atoms with Crippen molar-refractivity contribution < 1.29 is 0 Å². The van der Waals surface area contributed by atoms with Crippen LogP contribution < -0.4 is 5.32 Å². The van der Waals surface area contributed by atoms with Gasteiger partial charge >= 0.3 is 0 Å². The first-order valence-corrected chi connectivity index (χ1v) is 7.37. The zero-order valence-electron chi connectivity index (χ0n) is 12.8. The highest BCUT2D eigenvalue weighted by Crippen LogP contribution is 2.32. The summed E-state index contributed by atoms with van der Waals surface area (Å²) in [7, 11) is 0. The Morgan fingerprint density at radius 3 is 1.86 bits per heavy atom. The van der Waals surface area contributed by atoms with Crippen molar-refractivity contribution in [3.05, 3.63) is 89.7 Å². The first-order valence-electron chi connectivity index (χ1n) is 7.37. The number of benzene rings is 2. The molecule has 0 saturated carbocycles. The summed E-state index contributed by atoms with van der Waals surface area (Å²) in [5, 5.41) is 3.51. The Hall–Kier alpha value is -2.68. The molecule has 0 aliphatic carbocycles. The second-order valence-corrected chi connectivity index (χ2v) is 5.50. The van der Waals surface area contributed by atoms with Crippen LogP contribution in [0, 0.1) is 6.92 Å². The monoisotopic (exact) mass is 289 g/mol. The van der Waals surface area contributed by atoms with Crippen LogP contribution in [-0.2, 0) is 5.54 Å². The summed E-state index contributed by atoms with van der Waals surface area (Å²) in [5.41, 5.74) is 2.90. The minimum Gasteiger partial charge on any atom is -0.341 e. The molecule has 0 radical (unpaired) electrons. The zero-order valence-corrected chi connectivity index (χ0v) is 12.8. The van der Waals surface area contributed by atoms with Gasteiger partial charge in [0.05, 0.1) is 5.54 Å². The van der Waals surface area contributed by atoms with E-state index in [1.165, 1.54) is 11.1 Å². The predicted octanol–water partition coefficient (Wildman–Crippen LogP) is 4.16. The van der Waals surface area contributed by atoms with E-state index in [4.69, 9.17) is 0 Å². The van der Waals surface area contributed by atoms with Crippen molar-refractivity contribution in [1.82, 2.24) is 9.97 Å². The molecule has 3 aromatic rings. The van der Waals surface area contributed by atoms with Crippen molar-refractivity contribution in [1.29, 1.82) is 0 Å². The molecule has 0 fully saturated rings. The smallest absolute Gasteiger partial charge is 0.223 e. The van der Waals surface area contributed by atoms with Crippen LogP contribution in [0.15, 0.2) is 72.9 Å². The van der Waals surface area contributed by atoms with Gasteiger partial charge in [0.15, 0.2) is 0 Å². The molecule has 2 aromatic carbocycles. The van der Waals surface area contributed by atoms with Gasteiger partial charge in [-0.15, -0.1) is 0 Å². The molecule has 1 aromatic heterocycles. The molecule has 1 heterocycles. The fourth-order valence-corrected chi connectivity index (χ4v) is 2.59. The van der Waals surface area contributed by atoms with E-state index >= 15 is 0 Å². The van der Waals surface area contributed by atoms with E-state index in [9.17, 15) is 0 Å². The van der Waals surface area contributed by atoms with Crippen molar-refractivity contribution in [2.45, 2.75) is 19.4 Å². The number of aryl methyl sites for hydroxylation is 1. The second-order valence-electron chi connectivity index (χ2n) is 5.50. The third-order valence-electron chi connectivity index (χ3n) is 3.86. The molecule has 0 aliphatic rings. The van der Waals surface area contributed by atoms with Gasteiger partial charge in [0.2, 0.25) is 5.95 Å². The van der Waals surface area contributed by atoms with E-state index in [1.807, 2.05) is 25.1 Å². The number of rotatable bonds is 4. The topological polar surface area (TPSA) is 37.8 Å². The third-order valence-corrected chi connectivity index (χ3v) is 3.86.